The van der Waals surface area contributed by atoms with Gasteiger partial charge in [0.25, 0.3) is 0 Å². The van der Waals surface area contributed by atoms with Crippen molar-refractivity contribution in [3.63, 3.8) is 0 Å². The lowest BCUT2D eigenvalue weighted by Crippen LogP contribution is -2.41. The van der Waals surface area contributed by atoms with Gasteiger partial charge < -0.3 is 10.5 Å². The summed E-state index contributed by atoms with van der Waals surface area (Å²) in [6.07, 6.45) is 2.99. The van der Waals surface area contributed by atoms with Gasteiger partial charge in [-0.2, -0.15) is 0 Å². The van der Waals surface area contributed by atoms with Gasteiger partial charge >= 0.3 is 0 Å². The van der Waals surface area contributed by atoms with Gasteiger partial charge in [-0.25, -0.2) is 13.1 Å². The summed E-state index contributed by atoms with van der Waals surface area (Å²) in [6.45, 7) is 3.75. The van der Waals surface area contributed by atoms with Crippen molar-refractivity contribution in [1.82, 2.24) is 4.72 Å². The molecule has 2 saturated heterocycles. The second kappa shape index (κ2) is 4.72. The van der Waals surface area contributed by atoms with Crippen LogP contribution in [0.1, 0.15) is 30.4 Å². The van der Waals surface area contributed by atoms with Gasteiger partial charge in [0, 0.05) is 5.69 Å². The zero-order valence-corrected chi connectivity index (χ0v) is 12.5. The van der Waals surface area contributed by atoms with E-state index in [1.165, 1.54) is 6.07 Å². The van der Waals surface area contributed by atoms with E-state index >= 15 is 0 Å². The summed E-state index contributed by atoms with van der Waals surface area (Å²) in [7, 11) is -3.54. The van der Waals surface area contributed by atoms with Crippen LogP contribution in [0.4, 0.5) is 5.69 Å². The van der Waals surface area contributed by atoms with Crippen LogP contribution in [-0.2, 0) is 14.8 Å². The molecule has 2 aliphatic rings. The minimum absolute atomic E-state index is 0.0265. The number of hydrogen-bond acceptors (Lipinski definition) is 4. The highest BCUT2D eigenvalue weighted by Gasteiger charge is 2.42. The molecule has 3 N–H and O–H groups in total. The quantitative estimate of drug-likeness (QED) is 0.828. The maximum absolute atomic E-state index is 12.5. The highest BCUT2D eigenvalue weighted by Crippen LogP contribution is 2.35. The lowest BCUT2D eigenvalue weighted by atomic mass is 9.96. The van der Waals surface area contributed by atoms with Gasteiger partial charge in [0.15, 0.2) is 0 Å². The smallest absolute Gasteiger partial charge is 0.240 e. The van der Waals surface area contributed by atoms with Gasteiger partial charge in [0.1, 0.15) is 0 Å². The molecule has 0 radical (unpaired) electrons. The third-order valence-electron chi connectivity index (χ3n) is 4.40. The summed E-state index contributed by atoms with van der Waals surface area (Å²) < 4.78 is 33.4. The molecule has 0 spiro atoms. The van der Waals surface area contributed by atoms with Crippen LogP contribution < -0.4 is 10.5 Å². The first-order valence-electron chi connectivity index (χ1n) is 6.91. The average Bonchev–Trinajstić information content (AvgIpc) is 2.96. The Morgan fingerprint density at radius 3 is 2.60 bits per heavy atom. The third-order valence-corrected chi connectivity index (χ3v) is 5.87. The molecule has 2 aliphatic heterocycles. The van der Waals surface area contributed by atoms with Crippen LogP contribution in [0.3, 0.4) is 0 Å². The summed E-state index contributed by atoms with van der Waals surface area (Å²) in [4.78, 5) is 0.237. The number of anilines is 1. The van der Waals surface area contributed by atoms with Crippen LogP contribution in [0.5, 0.6) is 0 Å². The maximum atomic E-state index is 12.5. The van der Waals surface area contributed by atoms with E-state index in [1.54, 1.807) is 6.07 Å². The molecule has 110 valence electrons. The molecule has 1 aromatic rings. The minimum Gasteiger partial charge on any atom is -0.398 e. The Bertz CT molecular complexity index is 619. The zero-order valence-electron chi connectivity index (χ0n) is 11.7. The monoisotopic (exact) mass is 296 g/mol. The zero-order chi connectivity index (χ0) is 14.5. The van der Waals surface area contributed by atoms with Crippen molar-refractivity contribution >= 4 is 15.7 Å². The average molecular weight is 296 g/mol. The van der Waals surface area contributed by atoms with Crippen molar-refractivity contribution in [2.75, 3.05) is 5.73 Å². The molecule has 1 aromatic carbocycles. The summed E-state index contributed by atoms with van der Waals surface area (Å²) >= 11 is 0. The molecule has 2 heterocycles. The van der Waals surface area contributed by atoms with Crippen molar-refractivity contribution in [3.8, 4) is 0 Å². The number of fused-ring (bicyclic) bond motifs is 2. The minimum atomic E-state index is -3.54. The molecule has 20 heavy (non-hydrogen) atoms. The van der Waals surface area contributed by atoms with E-state index in [9.17, 15) is 8.42 Å². The third kappa shape index (κ3) is 2.32. The molecule has 3 rings (SSSR count). The van der Waals surface area contributed by atoms with Gasteiger partial charge in [-0.15, -0.1) is 0 Å². The number of rotatable bonds is 3. The Balaban J connectivity index is 1.85. The van der Waals surface area contributed by atoms with E-state index in [-0.39, 0.29) is 23.1 Å². The van der Waals surface area contributed by atoms with Gasteiger partial charge in [-0.05, 0) is 56.4 Å². The Morgan fingerprint density at radius 1 is 1.30 bits per heavy atom. The number of sulfonamides is 1. The predicted octanol–water partition coefficient (Wildman–Crippen LogP) is 1.48. The molecular weight excluding hydrogens is 276 g/mol. The second-order valence-electron chi connectivity index (χ2n) is 5.79. The molecule has 3 atom stereocenters. The summed E-state index contributed by atoms with van der Waals surface area (Å²) in [5.74, 6) is 0. The van der Waals surface area contributed by atoms with Crippen LogP contribution in [0.25, 0.3) is 0 Å². The van der Waals surface area contributed by atoms with E-state index in [4.69, 9.17) is 10.5 Å². The molecule has 0 aliphatic carbocycles. The Morgan fingerprint density at radius 2 is 2.05 bits per heavy atom. The van der Waals surface area contributed by atoms with Gasteiger partial charge in [-0.1, -0.05) is 0 Å². The fourth-order valence-corrected chi connectivity index (χ4v) is 4.43. The summed E-state index contributed by atoms with van der Waals surface area (Å²) in [5, 5.41) is 0. The molecular formula is C14H20N2O3S. The second-order valence-corrected chi connectivity index (χ2v) is 7.51. The van der Waals surface area contributed by atoms with E-state index in [1.807, 2.05) is 13.8 Å². The Kier molecular flexibility index (Phi) is 3.27. The number of nitrogen functional groups attached to an aromatic ring is 1. The van der Waals surface area contributed by atoms with Crippen LogP contribution in [0.2, 0.25) is 0 Å². The first-order chi connectivity index (χ1) is 9.37. The predicted molar refractivity (Wildman–Crippen MR) is 76.9 cm³/mol. The lowest BCUT2D eigenvalue weighted by Gasteiger charge is -2.20. The van der Waals surface area contributed by atoms with Gasteiger partial charge in [0.2, 0.25) is 10.0 Å². The number of hydrogen-bond donors (Lipinski definition) is 2. The van der Waals surface area contributed by atoms with Gasteiger partial charge in [-0.3, -0.25) is 0 Å². The molecule has 2 fully saturated rings. The molecule has 6 heteroatoms. The fraction of sp³-hybridized carbons (Fsp3) is 0.571. The lowest BCUT2D eigenvalue weighted by molar-refractivity contribution is 0.0996. The van der Waals surface area contributed by atoms with Crippen LogP contribution in [0.15, 0.2) is 17.0 Å². The van der Waals surface area contributed by atoms with E-state index < -0.39 is 10.0 Å². The fourth-order valence-electron chi connectivity index (χ4n) is 3.04. The maximum Gasteiger partial charge on any atom is 0.240 e. The Hall–Kier alpha value is -1.11. The standard InChI is InChI=1S/C14H20N2O3S/c1-8-5-11(7-12(15)9(8)2)20(17,18)16-13-6-10-3-4-14(13)19-10/h5,7,10,13-14,16H,3-4,6,15H2,1-2H3. The van der Waals surface area contributed by atoms with Crippen molar-refractivity contribution in [1.29, 1.82) is 0 Å². The molecule has 3 unspecified atom stereocenters. The number of nitrogens with two attached hydrogens (primary N) is 1. The molecule has 0 amide bonds. The van der Waals surface area contributed by atoms with E-state index in [0.29, 0.717) is 5.69 Å². The highest BCUT2D eigenvalue weighted by atomic mass is 32.2. The normalized spacial score (nSPS) is 29.0. The van der Waals surface area contributed by atoms with Crippen molar-refractivity contribution in [2.45, 2.75) is 56.3 Å². The first-order valence-corrected chi connectivity index (χ1v) is 8.39. The molecule has 0 saturated carbocycles. The number of benzene rings is 1. The summed E-state index contributed by atoms with van der Waals surface area (Å²) in [6, 6.07) is 3.09. The Labute approximate surface area is 119 Å². The van der Waals surface area contributed by atoms with Crippen molar-refractivity contribution in [3.05, 3.63) is 23.3 Å². The van der Waals surface area contributed by atoms with E-state index in [0.717, 1.165) is 30.4 Å². The number of ether oxygens (including phenoxy) is 1. The van der Waals surface area contributed by atoms with Crippen LogP contribution in [-0.4, -0.2) is 26.7 Å². The SMILES string of the molecule is Cc1cc(S(=O)(=O)NC2CC3CCC2O3)cc(N)c1C. The first kappa shape index (κ1) is 13.9. The number of nitrogens with one attached hydrogen (secondary N) is 1. The van der Waals surface area contributed by atoms with Crippen LogP contribution in [0, 0.1) is 13.8 Å². The van der Waals surface area contributed by atoms with Crippen molar-refractivity contribution < 1.29 is 13.2 Å². The molecule has 0 aromatic heterocycles. The largest absolute Gasteiger partial charge is 0.398 e. The summed E-state index contributed by atoms with van der Waals surface area (Å²) in [5.41, 5.74) is 8.19. The van der Waals surface area contributed by atoms with Crippen molar-refractivity contribution in [2.24, 2.45) is 0 Å². The van der Waals surface area contributed by atoms with Crippen LogP contribution >= 0.6 is 0 Å². The molecule has 5 nitrogen and oxygen atoms in total. The topological polar surface area (TPSA) is 81.4 Å². The molecule has 2 bridgehead atoms. The highest BCUT2D eigenvalue weighted by molar-refractivity contribution is 7.89. The van der Waals surface area contributed by atoms with E-state index in [2.05, 4.69) is 4.72 Å². The van der Waals surface area contributed by atoms with Gasteiger partial charge in [0.05, 0.1) is 23.1 Å². The number of aryl methyl sites for hydroxylation is 1.